The first kappa shape index (κ1) is 19.0. The Labute approximate surface area is 130 Å². The quantitative estimate of drug-likeness (QED) is 0.800. The van der Waals surface area contributed by atoms with Gasteiger partial charge in [0.1, 0.15) is 17.9 Å². The number of nitrogens with two attached hydrogens (primary N) is 1. The normalized spacial score (nSPS) is 13.0. The van der Waals surface area contributed by atoms with Gasteiger partial charge in [0, 0.05) is 12.1 Å². The average molecular weight is 323 g/mol. The van der Waals surface area contributed by atoms with Crippen LogP contribution in [0.15, 0.2) is 24.3 Å². The van der Waals surface area contributed by atoms with E-state index in [2.05, 4.69) is 5.32 Å². The van der Waals surface area contributed by atoms with Gasteiger partial charge in [-0.1, -0.05) is 17.7 Å². The molecule has 0 aliphatic heterocycles. The zero-order valence-electron chi connectivity index (χ0n) is 11.5. The van der Waals surface area contributed by atoms with Gasteiger partial charge in [-0.2, -0.15) is 0 Å². The summed E-state index contributed by atoms with van der Waals surface area (Å²) in [6, 6.07) is 6.43. The number of halogens is 2. The minimum atomic E-state index is -0.664. The van der Waals surface area contributed by atoms with Crippen molar-refractivity contribution in [3.05, 3.63) is 29.3 Å². The second-order valence-corrected chi connectivity index (χ2v) is 4.63. The van der Waals surface area contributed by atoms with Crippen LogP contribution < -0.4 is 15.8 Å². The number of methoxy groups -OCH3 is 1. The number of hydrogen-bond donors (Lipinski definition) is 2. The molecule has 0 saturated heterocycles. The molecular formula is C13H20Cl2N2O3. The van der Waals surface area contributed by atoms with Crippen molar-refractivity contribution in [3.8, 4) is 5.75 Å². The Morgan fingerprint density at radius 2 is 2.20 bits per heavy atom. The number of carbonyl (C=O) groups is 1. The van der Waals surface area contributed by atoms with Gasteiger partial charge >= 0.3 is 0 Å². The first-order chi connectivity index (χ1) is 9.02. The van der Waals surface area contributed by atoms with Crippen LogP contribution in [0.5, 0.6) is 5.75 Å². The fourth-order valence-corrected chi connectivity index (χ4v) is 1.63. The van der Waals surface area contributed by atoms with E-state index >= 15 is 0 Å². The molecule has 0 fully saturated rings. The Morgan fingerprint density at radius 1 is 1.50 bits per heavy atom. The highest BCUT2D eigenvalue weighted by atomic mass is 35.5. The van der Waals surface area contributed by atoms with E-state index in [0.29, 0.717) is 17.3 Å². The highest BCUT2D eigenvalue weighted by Gasteiger charge is 2.14. The predicted octanol–water partition coefficient (Wildman–Crippen LogP) is 1.62. The monoisotopic (exact) mass is 322 g/mol. The van der Waals surface area contributed by atoms with Crippen LogP contribution in [0, 0.1) is 0 Å². The Hall–Kier alpha value is -1.01. The van der Waals surface area contributed by atoms with Crippen molar-refractivity contribution >= 4 is 29.9 Å². The molecule has 5 nitrogen and oxygen atoms in total. The van der Waals surface area contributed by atoms with Gasteiger partial charge in [-0.15, -0.1) is 12.4 Å². The summed E-state index contributed by atoms with van der Waals surface area (Å²) in [5.74, 6) is 0.402. The average Bonchev–Trinajstić information content (AvgIpc) is 2.36. The molecule has 0 aromatic heterocycles. The zero-order chi connectivity index (χ0) is 14.3. The van der Waals surface area contributed by atoms with Crippen LogP contribution in [0.2, 0.25) is 5.02 Å². The van der Waals surface area contributed by atoms with E-state index in [9.17, 15) is 4.79 Å². The summed E-state index contributed by atoms with van der Waals surface area (Å²) in [5.41, 5.74) is 5.59. The fourth-order valence-electron chi connectivity index (χ4n) is 1.44. The van der Waals surface area contributed by atoms with Crippen LogP contribution in [0.4, 0.5) is 0 Å². The maximum atomic E-state index is 11.6. The van der Waals surface area contributed by atoms with Crippen molar-refractivity contribution in [1.29, 1.82) is 0 Å². The van der Waals surface area contributed by atoms with E-state index in [1.54, 1.807) is 24.3 Å². The van der Waals surface area contributed by atoms with Crippen LogP contribution in [-0.2, 0) is 9.53 Å². The molecule has 0 bridgehead atoms. The molecular weight excluding hydrogens is 303 g/mol. The molecule has 114 valence electrons. The summed E-state index contributed by atoms with van der Waals surface area (Å²) in [6.45, 7) is 2.40. The van der Waals surface area contributed by atoms with Crippen LogP contribution >= 0.6 is 24.0 Å². The number of benzene rings is 1. The summed E-state index contributed by atoms with van der Waals surface area (Å²) >= 11 is 5.85. The number of rotatable bonds is 7. The van der Waals surface area contributed by atoms with Gasteiger partial charge in [0.25, 0.3) is 0 Å². The van der Waals surface area contributed by atoms with Gasteiger partial charge in [-0.05, 0) is 25.1 Å². The topological polar surface area (TPSA) is 73.6 Å². The molecule has 0 aliphatic rings. The Morgan fingerprint density at radius 3 is 2.80 bits per heavy atom. The molecule has 0 spiro atoms. The summed E-state index contributed by atoms with van der Waals surface area (Å²) < 4.78 is 10.4. The molecule has 2 unspecified atom stereocenters. The standard InChI is InChI=1S/C13H19ClN2O3.ClH/c1-9(7-16-13(17)12(15)8-18-2)19-11-5-3-4-10(14)6-11;/h3-6,9,12H,7-8,15H2,1-2H3,(H,16,17);1H. The number of nitrogens with one attached hydrogen (secondary N) is 1. The molecule has 0 heterocycles. The summed E-state index contributed by atoms with van der Waals surface area (Å²) in [5, 5.41) is 3.31. The number of amides is 1. The van der Waals surface area contributed by atoms with Gasteiger partial charge < -0.3 is 20.5 Å². The Bertz CT molecular complexity index is 418. The van der Waals surface area contributed by atoms with Gasteiger partial charge in [-0.25, -0.2) is 0 Å². The molecule has 0 saturated carbocycles. The summed E-state index contributed by atoms with van der Waals surface area (Å²) in [4.78, 5) is 11.6. The van der Waals surface area contributed by atoms with Crippen molar-refractivity contribution in [2.24, 2.45) is 5.73 Å². The Kier molecular flexibility index (Phi) is 9.33. The lowest BCUT2D eigenvalue weighted by Gasteiger charge is -2.17. The van der Waals surface area contributed by atoms with E-state index in [0.717, 1.165) is 0 Å². The van der Waals surface area contributed by atoms with Crippen molar-refractivity contribution < 1.29 is 14.3 Å². The van der Waals surface area contributed by atoms with E-state index in [1.165, 1.54) is 7.11 Å². The number of hydrogen-bond acceptors (Lipinski definition) is 4. The lowest BCUT2D eigenvalue weighted by molar-refractivity contribution is -0.123. The molecule has 3 N–H and O–H groups in total. The lowest BCUT2D eigenvalue weighted by atomic mass is 10.3. The van der Waals surface area contributed by atoms with E-state index in [4.69, 9.17) is 26.8 Å². The van der Waals surface area contributed by atoms with Crippen LogP contribution in [0.1, 0.15) is 6.92 Å². The third-order valence-electron chi connectivity index (χ3n) is 2.38. The second-order valence-electron chi connectivity index (χ2n) is 4.19. The molecule has 0 radical (unpaired) electrons. The molecule has 20 heavy (non-hydrogen) atoms. The number of carbonyl (C=O) groups excluding carboxylic acids is 1. The van der Waals surface area contributed by atoms with Crippen LogP contribution in [-0.4, -0.2) is 38.3 Å². The van der Waals surface area contributed by atoms with Gasteiger partial charge in [0.15, 0.2) is 0 Å². The van der Waals surface area contributed by atoms with E-state index in [-0.39, 0.29) is 31.0 Å². The van der Waals surface area contributed by atoms with Crippen molar-refractivity contribution in [1.82, 2.24) is 5.32 Å². The molecule has 1 amide bonds. The maximum Gasteiger partial charge on any atom is 0.239 e. The molecule has 2 atom stereocenters. The van der Waals surface area contributed by atoms with Crippen LogP contribution in [0.25, 0.3) is 0 Å². The maximum absolute atomic E-state index is 11.6. The predicted molar refractivity (Wildman–Crippen MR) is 81.7 cm³/mol. The Balaban J connectivity index is 0.00000361. The highest BCUT2D eigenvalue weighted by molar-refractivity contribution is 6.30. The zero-order valence-corrected chi connectivity index (χ0v) is 13.0. The first-order valence-corrected chi connectivity index (χ1v) is 6.35. The van der Waals surface area contributed by atoms with Gasteiger partial charge in [-0.3, -0.25) is 4.79 Å². The third kappa shape index (κ3) is 6.96. The largest absolute Gasteiger partial charge is 0.489 e. The highest BCUT2D eigenvalue weighted by Crippen LogP contribution is 2.18. The minimum Gasteiger partial charge on any atom is -0.489 e. The fraction of sp³-hybridized carbons (Fsp3) is 0.462. The first-order valence-electron chi connectivity index (χ1n) is 5.97. The lowest BCUT2D eigenvalue weighted by Crippen LogP contribution is -2.46. The minimum absolute atomic E-state index is 0. The van der Waals surface area contributed by atoms with Gasteiger partial charge in [0.05, 0.1) is 13.2 Å². The molecule has 1 rings (SSSR count). The second kappa shape index (κ2) is 9.83. The van der Waals surface area contributed by atoms with Crippen molar-refractivity contribution in [2.75, 3.05) is 20.3 Å². The SMILES string of the molecule is COCC(N)C(=O)NCC(C)Oc1cccc(Cl)c1.Cl. The summed E-state index contributed by atoms with van der Waals surface area (Å²) in [6.07, 6.45) is -0.183. The molecule has 1 aromatic carbocycles. The molecule has 7 heteroatoms. The van der Waals surface area contributed by atoms with Gasteiger partial charge in [0.2, 0.25) is 5.91 Å². The van der Waals surface area contributed by atoms with E-state index in [1.807, 2.05) is 6.92 Å². The molecule has 1 aromatic rings. The van der Waals surface area contributed by atoms with Crippen molar-refractivity contribution in [2.45, 2.75) is 19.1 Å². The van der Waals surface area contributed by atoms with Crippen LogP contribution in [0.3, 0.4) is 0 Å². The van der Waals surface area contributed by atoms with E-state index < -0.39 is 6.04 Å². The third-order valence-corrected chi connectivity index (χ3v) is 2.62. The number of ether oxygens (including phenoxy) is 2. The molecule has 0 aliphatic carbocycles. The smallest absolute Gasteiger partial charge is 0.239 e. The van der Waals surface area contributed by atoms with Crippen molar-refractivity contribution in [3.63, 3.8) is 0 Å². The summed E-state index contributed by atoms with van der Waals surface area (Å²) in [7, 11) is 1.50.